The van der Waals surface area contributed by atoms with E-state index in [1.165, 1.54) is 11.1 Å². The summed E-state index contributed by atoms with van der Waals surface area (Å²) in [5.41, 5.74) is 2.61. The highest BCUT2D eigenvalue weighted by atomic mass is 79.9. The minimum absolute atomic E-state index is 0. The van der Waals surface area contributed by atoms with E-state index in [2.05, 4.69) is 19.2 Å². The van der Waals surface area contributed by atoms with Gasteiger partial charge in [-0.1, -0.05) is 6.07 Å². The van der Waals surface area contributed by atoms with Crippen molar-refractivity contribution in [2.75, 3.05) is 6.54 Å². The predicted octanol–water partition coefficient (Wildman–Crippen LogP) is 2.35. The maximum absolute atomic E-state index is 9.34. The molecule has 1 heterocycles. The SMILES string of the molecule is Br.CC1(C)NCCc2cc(O)ccc21. The van der Waals surface area contributed by atoms with E-state index >= 15 is 0 Å². The van der Waals surface area contributed by atoms with E-state index in [4.69, 9.17) is 0 Å². The first-order chi connectivity index (χ1) is 6.09. The van der Waals surface area contributed by atoms with Gasteiger partial charge >= 0.3 is 0 Å². The van der Waals surface area contributed by atoms with Crippen LogP contribution in [0.15, 0.2) is 18.2 Å². The highest BCUT2D eigenvalue weighted by molar-refractivity contribution is 8.93. The van der Waals surface area contributed by atoms with Crippen LogP contribution in [0.4, 0.5) is 0 Å². The highest BCUT2D eigenvalue weighted by Crippen LogP contribution is 2.29. The molecule has 2 rings (SSSR count). The fourth-order valence-corrected chi connectivity index (χ4v) is 2.00. The number of benzene rings is 1. The summed E-state index contributed by atoms with van der Waals surface area (Å²) < 4.78 is 0. The van der Waals surface area contributed by atoms with Crippen molar-refractivity contribution in [1.29, 1.82) is 0 Å². The van der Waals surface area contributed by atoms with Gasteiger partial charge in [0.25, 0.3) is 0 Å². The van der Waals surface area contributed by atoms with Crippen molar-refractivity contribution in [2.45, 2.75) is 25.8 Å². The summed E-state index contributed by atoms with van der Waals surface area (Å²) in [7, 11) is 0. The molecule has 0 aromatic heterocycles. The van der Waals surface area contributed by atoms with Crippen LogP contribution < -0.4 is 5.32 Å². The van der Waals surface area contributed by atoms with Gasteiger partial charge in [-0.25, -0.2) is 0 Å². The molecule has 0 aliphatic carbocycles. The lowest BCUT2D eigenvalue weighted by molar-refractivity contribution is 0.380. The second-order valence-electron chi connectivity index (χ2n) is 4.14. The largest absolute Gasteiger partial charge is 0.508 e. The van der Waals surface area contributed by atoms with Crippen LogP contribution in [0.3, 0.4) is 0 Å². The summed E-state index contributed by atoms with van der Waals surface area (Å²) in [5.74, 6) is 0.372. The minimum Gasteiger partial charge on any atom is -0.508 e. The van der Waals surface area contributed by atoms with Gasteiger partial charge in [0.1, 0.15) is 5.75 Å². The first-order valence-electron chi connectivity index (χ1n) is 4.67. The zero-order chi connectivity index (χ0) is 9.47. The Morgan fingerprint density at radius 2 is 2.07 bits per heavy atom. The van der Waals surface area contributed by atoms with E-state index in [1.54, 1.807) is 6.07 Å². The Morgan fingerprint density at radius 1 is 1.36 bits per heavy atom. The maximum atomic E-state index is 9.34. The van der Waals surface area contributed by atoms with Gasteiger partial charge in [0.2, 0.25) is 0 Å². The zero-order valence-corrected chi connectivity index (χ0v) is 10.2. The van der Waals surface area contributed by atoms with Gasteiger partial charge in [0.05, 0.1) is 0 Å². The topological polar surface area (TPSA) is 32.3 Å². The fourth-order valence-electron chi connectivity index (χ4n) is 2.00. The molecule has 1 aliphatic rings. The predicted molar refractivity (Wildman–Crippen MR) is 63.2 cm³/mol. The van der Waals surface area contributed by atoms with Gasteiger partial charge in [0, 0.05) is 5.54 Å². The maximum Gasteiger partial charge on any atom is 0.115 e. The fraction of sp³-hybridized carbons (Fsp3) is 0.455. The van der Waals surface area contributed by atoms with Gasteiger partial charge < -0.3 is 10.4 Å². The van der Waals surface area contributed by atoms with Gasteiger partial charge in [-0.2, -0.15) is 0 Å². The molecule has 0 amide bonds. The molecular weight excluding hydrogens is 242 g/mol. The van der Waals surface area contributed by atoms with Crippen molar-refractivity contribution in [2.24, 2.45) is 0 Å². The van der Waals surface area contributed by atoms with Crippen LogP contribution in [-0.2, 0) is 12.0 Å². The third kappa shape index (κ3) is 1.93. The molecule has 0 spiro atoms. The number of aromatic hydroxyl groups is 1. The molecule has 1 aromatic rings. The van der Waals surface area contributed by atoms with E-state index in [0.717, 1.165) is 13.0 Å². The smallest absolute Gasteiger partial charge is 0.115 e. The van der Waals surface area contributed by atoms with Crippen LogP contribution in [0.5, 0.6) is 5.75 Å². The van der Waals surface area contributed by atoms with Gasteiger partial charge in [0.15, 0.2) is 0 Å². The lowest BCUT2D eigenvalue weighted by Crippen LogP contribution is -2.42. The van der Waals surface area contributed by atoms with Crippen molar-refractivity contribution in [3.8, 4) is 5.75 Å². The highest BCUT2D eigenvalue weighted by Gasteiger charge is 2.26. The van der Waals surface area contributed by atoms with Crippen molar-refractivity contribution in [3.63, 3.8) is 0 Å². The second-order valence-corrected chi connectivity index (χ2v) is 4.14. The van der Waals surface area contributed by atoms with E-state index < -0.39 is 0 Å². The van der Waals surface area contributed by atoms with Crippen molar-refractivity contribution < 1.29 is 5.11 Å². The molecule has 0 atom stereocenters. The standard InChI is InChI=1S/C11H15NO.BrH/c1-11(2)10-4-3-9(13)7-8(10)5-6-12-11;/h3-4,7,12-13H,5-6H2,1-2H3;1H. The molecule has 2 N–H and O–H groups in total. The number of fused-ring (bicyclic) bond motifs is 1. The Balaban J connectivity index is 0.000000980. The molecule has 0 saturated heterocycles. The molecule has 0 fully saturated rings. The summed E-state index contributed by atoms with van der Waals surface area (Å²) in [5, 5.41) is 12.8. The van der Waals surface area contributed by atoms with Crippen LogP contribution in [0.2, 0.25) is 0 Å². The first-order valence-corrected chi connectivity index (χ1v) is 4.67. The van der Waals surface area contributed by atoms with Gasteiger partial charge in [-0.05, 0) is 50.1 Å². The quantitative estimate of drug-likeness (QED) is 0.748. The zero-order valence-electron chi connectivity index (χ0n) is 8.50. The number of hydrogen-bond acceptors (Lipinski definition) is 2. The van der Waals surface area contributed by atoms with Crippen LogP contribution in [0.1, 0.15) is 25.0 Å². The number of phenols is 1. The summed E-state index contributed by atoms with van der Waals surface area (Å²) in [4.78, 5) is 0. The average molecular weight is 258 g/mol. The van der Waals surface area contributed by atoms with E-state index in [0.29, 0.717) is 5.75 Å². The molecule has 2 nitrogen and oxygen atoms in total. The number of hydrogen-bond donors (Lipinski definition) is 2. The Labute approximate surface area is 95.1 Å². The second kappa shape index (κ2) is 3.91. The van der Waals surface area contributed by atoms with E-state index in [-0.39, 0.29) is 22.5 Å². The van der Waals surface area contributed by atoms with Crippen LogP contribution in [0, 0.1) is 0 Å². The van der Waals surface area contributed by atoms with Crippen LogP contribution in [0.25, 0.3) is 0 Å². The molecule has 0 unspecified atom stereocenters. The number of rotatable bonds is 0. The molecule has 0 radical (unpaired) electrons. The summed E-state index contributed by atoms with van der Waals surface area (Å²) in [6.07, 6.45) is 1.01. The first kappa shape index (κ1) is 11.5. The molecule has 3 heteroatoms. The Bertz CT molecular complexity index is 336. The number of phenolic OH excluding ortho intramolecular Hbond substituents is 1. The third-order valence-corrected chi connectivity index (χ3v) is 2.72. The lowest BCUT2D eigenvalue weighted by atomic mass is 9.85. The van der Waals surface area contributed by atoms with Crippen molar-refractivity contribution in [3.05, 3.63) is 29.3 Å². The lowest BCUT2D eigenvalue weighted by Gasteiger charge is -2.33. The van der Waals surface area contributed by atoms with Crippen molar-refractivity contribution in [1.82, 2.24) is 5.32 Å². The summed E-state index contributed by atoms with van der Waals surface area (Å²) in [6.45, 7) is 5.33. The van der Waals surface area contributed by atoms with Gasteiger partial charge in [-0.3, -0.25) is 0 Å². The molecular formula is C11H16BrNO. The summed E-state index contributed by atoms with van der Waals surface area (Å²) in [6, 6.07) is 5.64. The normalized spacial score (nSPS) is 18.1. The van der Waals surface area contributed by atoms with Gasteiger partial charge in [-0.15, -0.1) is 17.0 Å². The van der Waals surface area contributed by atoms with E-state index in [1.807, 2.05) is 12.1 Å². The van der Waals surface area contributed by atoms with E-state index in [9.17, 15) is 5.11 Å². The molecule has 78 valence electrons. The molecule has 14 heavy (non-hydrogen) atoms. The monoisotopic (exact) mass is 257 g/mol. The van der Waals surface area contributed by atoms with Crippen LogP contribution >= 0.6 is 17.0 Å². The Kier molecular flexibility index (Phi) is 3.22. The molecule has 0 saturated carbocycles. The molecule has 1 aliphatic heterocycles. The minimum atomic E-state index is 0. The molecule has 0 bridgehead atoms. The summed E-state index contributed by atoms with van der Waals surface area (Å²) >= 11 is 0. The number of nitrogens with one attached hydrogen (secondary N) is 1. The third-order valence-electron chi connectivity index (χ3n) is 2.72. The van der Waals surface area contributed by atoms with Crippen molar-refractivity contribution >= 4 is 17.0 Å². The van der Waals surface area contributed by atoms with Crippen LogP contribution in [-0.4, -0.2) is 11.7 Å². The Morgan fingerprint density at radius 3 is 2.79 bits per heavy atom. The average Bonchev–Trinajstić information content (AvgIpc) is 2.02. The molecule has 1 aromatic carbocycles. The number of halogens is 1. The Hall–Kier alpha value is -0.540.